The van der Waals surface area contributed by atoms with Gasteiger partial charge in [0.2, 0.25) is 0 Å². The van der Waals surface area contributed by atoms with Crippen LogP contribution in [0.4, 0.5) is 5.69 Å². The summed E-state index contributed by atoms with van der Waals surface area (Å²) in [5.74, 6) is 0. The fraction of sp³-hybridized carbons (Fsp3) is 0.0588. The average molecular weight is 326 g/mol. The summed E-state index contributed by atoms with van der Waals surface area (Å²) in [6, 6.07) is 10.9. The first-order valence-corrected chi connectivity index (χ1v) is 7.45. The fourth-order valence-electron chi connectivity index (χ4n) is 2.52. The molecule has 6 heteroatoms. The topological polar surface area (TPSA) is 70.9 Å². The second-order valence-electron chi connectivity index (χ2n) is 5.26. The van der Waals surface area contributed by atoms with E-state index in [4.69, 9.17) is 16.0 Å². The van der Waals surface area contributed by atoms with Gasteiger partial charge in [0.25, 0.3) is 0 Å². The lowest BCUT2D eigenvalue weighted by atomic mass is 10.1. The van der Waals surface area contributed by atoms with E-state index >= 15 is 0 Å². The molecule has 0 aliphatic rings. The minimum atomic E-state index is -0.0781. The van der Waals surface area contributed by atoms with Gasteiger partial charge < -0.3 is 9.73 Å². The van der Waals surface area contributed by atoms with Crippen LogP contribution in [0.25, 0.3) is 21.9 Å². The number of fused-ring (bicyclic) bond motifs is 2. The van der Waals surface area contributed by atoms with Crippen LogP contribution in [0.1, 0.15) is 5.56 Å². The van der Waals surface area contributed by atoms with Gasteiger partial charge in [0.1, 0.15) is 5.58 Å². The molecule has 2 aromatic carbocycles. The first kappa shape index (κ1) is 13.8. The summed E-state index contributed by atoms with van der Waals surface area (Å²) in [4.78, 5) is 12.5. The van der Waals surface area contributed by atoms with E-state index in [0.29, 0.717) is 28.1 Å². The Morgan fingerprint density at radius 2 is 2.13 bits per heavy atom. The molecule has 4 rings (SSSR count). The molecule has 114 valence electrons. The summed E-state index contributed by atoms with van der Waals surface area (Å²) >= 11 is 5.96. The molecular weight excluding hydrogens is 314 g/mol. The van der Waals surface area contributed by atoms with E-state index in [1.54, 1.807) is 24.4 Å². The highest BCUT2D eigenvalue weighted by Gasteiger charge is 2.08. The van der Waals surface area contributed by atoms with Gasteiger partial charge in [-0.25, -0.2) is 0 Å². The summed E-state index contributed by atoms with van der Waals surface area (Å²) < 4.78 is 5.51. The second-order valence-corrected chi connectivity index (χ2v) is 5.69. The minimum absolute atomic E-state index is 0.0781. The van der Waals surface area contributed by atoms with Crippen LogP contribution in [0.2, 0.25) is 5.02 Å². The van der Waals surface area contributed by atoms with E-state index in [0.717, 1.165) is 16.6 Å². The number of nitrogens with zero attached hydrogens (tertiary/aromatic N) is 1. The Balaban J connectivity index is 1.64. The average Bonchev–Trinajstić information content (AvgIpc) is 3.02. The predicted octanol–water partition coefficient (Wildman–Crippen LogP) is 3.93. The summed E-state index contributed by atoms with van der Waals surface area (Å²) in [5.41, 5.74) is 2.88. The number of anilines is 1. The van der Waals surface area contributed by atoms with Crippen molar-refractivity contribution in [1.82, 2.24) is 10.2 Å². The van der Waals surface area contributed by atoms with Crippen molar-refractivity contribution in [3.63, 3.8) is 0 Å². The fourth-order valence-corrected chi connectivity index (χ4v) is 2.69. The number of benzene rings is 2. The molecule has 5 nitrogen and oxygen atoms in total. The largest absolute Gasteiger partial charge is 0.464 e. The molecule has 0 atom stereocenters. The number of aromatic nitrogens is 2. The highest BCUT2D eigenvalue weighted by Crippen LogP contribution is 2.19. The Morgan fingerprint density at radius 3 is 3.04 bits per heavy atom. The van der Waals surface area contributed by atoms with Gasteiger partial charge in [-0.15, -0.1) is 0 Å². The minimum Gasteiger partial charge on any atom is -0.464 e. The Hall–Kier alpha value is -2.79. The summed E-state index contributed by atoms with van der Waals surface area (Å²) in [7, 11) is 0. The third-order valence-electron chi connectivity index (χ3n) is 3.73. The van der Waals surface area contributed by atoms with Crippen LogP contribution in [0.15, 0.2) is 58.1 Å². The number of nitrogens with one attached hydrogen (secondary N) is 2. The van der Waals surface area contributed by atoms with Gasteiger partial charge in [0.05, 0.1) is 28.9 Å². The molecule has 2 aromatic heterocycles. The van der Waals surface area contributed by atoms with Crippen molar-refractivity contribution in [2.45, 2.75) is 6.54 Å². The molecule has 4 aromatic rings. The first-order chi connectivity index (χ1) is 11.2. The van der Waals surface area contributed by atoms with Crippen LogP contribution in [-0.2, 0) is 6.54 Å². The van der Waals surface area contributed by atoms with Gasteiger partial charge >= 0.3 is 0 Å². The summed E-state index contributed by atoms with van der Waals surface area (Å²) in [5, 5.41) is 12.1. The van der Waals surface area contributed by atoms with E-state index in [9.17, 15) is 4.79 Å². The molecule has 0 aliphatic heterocycles. The van der Waals surface area contributed by atoms with Crippen molar-refractivity contribution in [1.29, 1.82) is 0 Å². The smallest absolute Gasteiger partial charge is 0.197 e. The van der Waals surface area contributed by atoms with E-state index in [1.165, 1.54) is 6.26 Å². The van der Waals surface area contributed by atoms with E-state index < -0.39 is 0 Å². The summed E-state index contributed by atoms with van der Waals surface area (Å²) in [6.07, 6.45) is 3.24. The van der Waals surface area contributed by atoms with Gasteiger partial charge in [-0.2, -0.15) is 5.10 Å². The van der Waals surface area contributed by atoms with Crippen molar-refractivity contribution in [3.8, 4) is 0 Å². The number of hydrogen-bond donors (Lipinski definition) is 2. The van der Waals surface area contributed by atoms with Gasteiger partial charge in [-0.3, -0.25) is 9.89 Å². The molecule has 0 aliphatic carbocycles. The van der Waals surface area contributed by atoms with Crippen molar-refractivity contribution in [3.05, 3.63) is 69.7 Å². The number of rotatable bonds is 3. The maximum Gasteiger partial charge on any atom is 0.197 e. The SMILES string of the molecule is O=c1c(CNc2ccc3[nH]ncc3c2)coc2ccc(Cl)cc12. The molecule has 0 saturated heterocycles. The van der Waals surface area contributed by atoms with Crippen molar-refractivity contribution < 1.29 is 4.42 Å². The monoisotopic (exact) mass is 325 g/mol. The Bertz CT molecular complexity index is 1070. The lowest BCUT2D eigenvalue weighted by Crippen LogP contribution is -2.12. The van der Waals surface area contributed by atoms with Gasteiger partial charge in [0.15, 0.2) is 5.43 Å². The molecule has 0 spiro atoms. The molecule has 0 saturated carbocycles. The normalized spacial score (nSPS) is 11.2. The van der Waals surface area contributed by atoms with Gasteiger partial charge in [-0.1, -0.05) is 11.6 Å². The quantitative estimate of drug-likeness (QED) is 0.598. The lowest BCUT2D eigenvalue weighted by molar-refractivity contribution is 0.594. The highest BCUT2D eigenvalue weighted by atomic mass is 35.5. The molecular formula is C17H12ClN3O2. The van der Waals surface area contributed by atoms with E-state index in [-0.39, 0.29) is 5.43 Å². The van der Waals surface area contributed by atoms with Crippen LogP contribution in [0, 0.1) is 0 Å². The molecule has 2 N–H and O–H groups in total. The molecule has 0 fully saturated rings. The maximum absolute atomic E-state index is 12.5. The third-order valence-corrected chi connectivity index (χ3v) is 3.96. The van der Waals surface area contributed by atoms with Crippen LogP contribution >= 0.6 is 11.6 Å². The first-order valence-electron chi connectivity index (χ1n) is 7.08. The molecule has 2 heterocycles. The third kappa shape index (κ3) is 2.55. The standard InChI is InChI=1S/C17H12ClN3O2/c18-12-1-4-16-14(6-12)17(22)11(9-23-16)7-19-13-2-3-15-10(5-13)8-20-21-15/h1-6,8-9,19H,7H2,(H,20,21). The highest BCUT2D eigenvalue weighted by molar-refractivity contribution is 6.31. The zero-order chi connectivity index (χ0) is 15.8. The van der Waals surface area contributed by atoms with Crippen LogP contribution < -0.4 is 10.7 Å². The molecule has 0 radical (unpaired) electrons. The number of H-pyrrole nitrogens is 1. The predicted molar refractivity (Wildman–Crippen MR) is 90.9 cm³/mol. The van der Waals surface area contributed by atoms with Crippen LogP contribution in [0.5, 0.6) is 0 Å². The van der Waals surface area contributed by atoms with Gasteiger partial charge in [-0.05, 0) is 36.4 Å². The molecule has 0 bridgehead atoms. The number of aromatic amines is 1. The Morgan fingerprint density at radius 1 is 1.22 bits per heavy atom. The number of halogens is 1. The molecule has 23 heavy (non-hydrogen) atoms. The van der Waals surface area contributed by atoms with E-state index in [1.807, 2.05) is 18.2 Å². The van der Waals surface area contributed by atoms with Crippen molar-refractivity contribution >= 4 is 39.2 Å². The number of hydrogen-bond acceptors (Lipinski definition) is 4. The molecule has 0 amide bonds. The Labute approximate surface area is 135 Å². The zero-order valence-corrected chi connectivity index (χ0v) is 12.7. The second kappa shape index (κ2) is 5.44. The van der Waals surface area contributed by atoms with Crippen molar-refractivity contribution in [2.75, 3.05) is 5.32 Å². The van der Waals surface area contributed by atoms with Crippen LogP contribution in [-0.4, -0.2) is 10.2 Å². The Kier molecular flexibility index (Phi) is 3.28. The summed E-state index contributed by atoms with van der Waals surface area (Å²) in [6.45, 7) is 0.369. The van der Waals surface area contributed by atoms with Crippen LogP contribution in [0.3, 0.4) is 0 Å². The van der Waals surface area contributed by atoms with Gasteiger partial charge in [0, 0.05) is 22.6 Å². The molecule has 0 unspecified atom stereocenters. The van der Waals surface area contributed by atoms with Crippen molar-refractivity contribution in [2.24, 2.45) is 0 Å². The van der Waals surface area contributed by atoms with E-state index in [2.05, 4.69) is 15.5 Å². The lowest BCUT2D eigenvalue weighted by Gasteiger charge is -2.07. The zero-order valence-electron chi connectivity index (χ0n) is 12.0. The maximum atomic E-state index is 12.5.